The van der Waals surface area contributed by atoms with Gasteiger partial charge in [0.1, 0.15) is 5.37 Å². The van der Waals surface area contributed by atoms with Crippen LogP contribution >= 0.6 is 35.0 Å². The molecule has 1 saturated heterocycles. The lowest BCUT2D eigenvalue weighted by atomic mass is 9.87. The molecule has 1 atom stereocenters. The second-order valence-corrected chi connectivity index (χ2v) is 9.32. The van der Waals surface area contributed by atoms with E-state index in [0.717, 1.165) is 11.3 Å². The molecule has 0 spiro atoms. The molecule has 0 unspecified atom stereocenters. The van der Waals surface area contributed by atoms with Crippen molar-refractivity contribution >= 4 is 46.7 Å². The maximum Gasteiger partial charge on any atom is 0.323 e. The van der Waals surface area contributed by atoms with Crippen molar-refractivity contribution in [3.63, 3.8) is 0 Å². The van der Waals surface area contributed by atoms with E-state index in [1.54, 1.807) is 30.0 Å². The van der Waals surface area contributed by atoms with Crippen molar-refractivity contribution in [2.24, 2.45) is 0 Å². The molecule has 0 aliphatic carbocycles. The van der Waals surface area contributed by atoms with Gasteiger partial charge in [-0.1, -0.05) is 74.3 Å². The Morgan fingerprint density at radius 3 is 2.31 bits per heavy atom. The third-order valence-electron chi connectivity index (χ3n) is 4.41. The van der Waals surface area contributed by atoms with E-state index < -0.39 is 0 Å². The van der Waals surface area contributed by atoms with Crippen LogP contribution in [0.3, 0.4) is 0 Å². The van der Waals surface area contributed by atoms with Gasteiger partial charge >= 0.3 is 6.03 Å². The highest BCUT2D eigenvalue weighted by Crippen LogP contribution is 2.39. The predicted octanol–water partition coefficient (Wildman–Crippen LogP) is 6.57. The minimum atomic E-state index is -0.185. The number of urea groups is 1. The van der Waals surface area contributed by atoms with Crippen molar-refractivity contribution in [2.45, 2.75) is 31.6 Å². The molecule has 2 aromatic rings. The molecule has 2 amide bonds. The second-order valence-electron chi connectivity index (χ2n) is 7.32. The molecule has 3 nitrogen and oxygen atoms in total. The number of benzene rings is 2. The molecule has 3 rings (SSSR count). The third-order valence-corrected chi connectivity index (χ3v) is 6.30. The number of halogens is 2. The van der Waals surface area contributed by atoms with Gasteiger partial charge in [0, 0.05) is 12.3 Å². The average Bonchev–Trinajstić information content (AvgIpc) is 3.07. The van der Waals surface area contributed by atoms with Crippen LogP contribution in [-0.4, -0.2) is 23.2 Å². The van der Waals surface area contributed by atoms with E-state index in [0.29, 0.717) is 22.3 Å². The first-order valence-corrected chi connectivity index (χ1v) is 10.3. The molecule has 0 saturated carbocycles. The molecule has 0 radical (unpaired) electrons. The fourth-order valence-corrected chi connectivity index (χ4v) is 4.65. The SMILES string of the molecule is CC(C)(C)c1ccc([C@@H]2SCCN2C(=O)Nc2c(Cl)cccc2Cl)cc1. The third kappa shape index (κ3) is 4.13. The first-order valence-electron chi connectivity index (χ1n) is 8.51. The van der Waals surface area contributed by atoms with Gasteiger partial charge in [-0.15, -0.1) is 11.8 Å². The van der Waals surface area contributed by atoms with Crippen LogP contribution in [0.4, 0.5) is 10.5 Å². The quantitative estimate of drug-likeness (QED) is 0.608. The van der Waals surface area contributed by atoms with Crippen molar-refractivity contribution in [3.05, 3.63) is 63.6 Å². The van der Waals surface area contributed by atoms with Crippen molar-refractivity contribution in [3.8, 4) is 0 Å². The Labute approximate surface area is 169 Å². The Morgan fingerprint density at radius 2 is 1.73 bits per heavy atom. The number of carbonyl (C=O) groups excluding carboxylic acids is 1. The zero-order valence-electron chi connectivity index (χ0n) is 15.1. The van der Waals surface area contributed by atoms with Crippen LogP contribution in [0, 0.1) is 0 Å². The van der Waals surface area contributed by atoms with E-state index >= 15 is 0 Å². The molecule has 1 aliphatic heterocycles. The van der Waals surface area contributed by atoms with E-state index in [2.05, 4.69) is 50.4 Å². The van der Waals surface area contributed by atoms with Crippen molar-refractivity contribution < 1.29 is 4.79 Å². The van der Waals surface area contributed by atoms with Gasteiger partial charge < -0.3 is 10.2 Å². The summed E-state index contributed by atoms with van der Waals surface area (Å²) in [5.74, 6) is 0.898. The van der Waals surface area contributed by atoms with E-state index in [4.69, 9.17) is 23.2 Å². The molecule has 1 N–H and O–H groups in total. The van der Waals surface area contributed by atoms with Gasteiger partial charge in [-0.3, -0.25) is 0 Å². The van der Waals surface area contributed by atoms with Crippen LogP contribution < -0.4 is 5.32 Å². The summed E-state index contributed by atoms with van der Waals surface area (Å²) in [5, 5.41) is 3.72. The summed E-state index contributed by atoms with van der Waals surface area (Å²) in [4.78, 5) is 14.6. The summed E-state index contributed by atoms with van der Waals surface area (Å²) < 4.78 is 0. The number of nitrogens with zero attached hydrogens (tertiary/aromatic N) is 1. The smallest absolute Gasteiger partial charge is 0.308 e. The number of anilines is 1. The van der Waals surface area contributed by atoms with E-state index in [-0.39, 0.29) is 16.8 Å². The number of nitrogens with one attached hydrogen (secondary N) is 1. The highest BCUT2D eigenvalue weighted by atomic mass is 35.5. The molecule has 1 aliphatic rings. The Balaban J connectivity index is 1.78. The molecule has 138 valence electrons. The maximum absolute atomic E-state index is 12.8. The summed E-state index contributed by atoms with van der Waals surface area (Å²) in [7, 11) is 0. The summed E-state index contributed by atoms with van der Waals surface area (Å²) in [5.41, 5.74) is 2.97. The second kappa shape index (κ2) is 7.71. The summed E-state index contributed by atoms with van der Waals surface area (Å²) in [6.07, 6.45) is 0. The molecule has 2 aromatic carbocycles. The van der Waals surface area contributed by atoms with Crippen LogP contribution in [0.2, 0.25) is 10.0 Å². The molecule has 1 fully saturated rings. The predicted molar refractivity (Wildman–Crippen MR) is 113 cm³/mol. The fourth-order valence-electron chi connectivity index (χ4n) is 2.90. The molecular weight excluding hydrogens is 387 g/mol. The summed E-state index contributed by atoms with van der Waals surface area (Å²) in [6.45, 7) is 7.27. The highest BCUT2D eigenvalue weighted by Gasteiger charge is 2.31. The maximum atomic E-state index is 12.8. The standard InChI is InChI=1S/C20H22Cl2N2OS/c1-20(2,3)14-9-7-13(8-10-14)18-24(11-12-26-18)19(25)23-17-15(21)5-4-6-16(17)22/h4-10,18H,11-12H2,1-3H3,(H,23,25)/t18-/m0/s1. The van der Waals surface area contributed by atoms with Gasteiger partial charge in [0.2, 0.25) is 0 Å². The largest absolute Gasteiger partial charge is 0.323 e. The lowest BCUT2D eigenvalue weighted by Crippen LogP contribution is -2.34. The normalized spacial score (nSPS) is 17.4. The Hall–Kier alpha value is -1.36. The van der Waals surface area contributed by atoms with Crippen LogP contribution in [-0.2, 0) is 5.41 Å². The molecule has 0 bridgehead atoms. The van der Waals surface area contributed by atoms with Gasteiger partial charge in [0.05, 0.1) is 15.7 Å². The minimum Gasteiger partial charge on any atom is -0.308 e. The molecular formula is C20H22Cl2N2OS. The number of hydrogen-bond donors (Lipinski definition) is 1. The van der Waals surface area contributed by atoms with Crippen LogP contribution in [0.25, 0.3) is 0 Å². The van der Waals surface area contributed by atoms with Crippen LogP contribution in [0.15, 0.2) is 42.5 Å². The zero-order valence-corrected chi connectivity index (χ0v) is 17.4. The average molecular weight is 409 g/mol. The van der Waals surface area contributed by atoms with Gasteiger partial charge in [0.15, 0.2) is 0 Å². The number of thioether (sulfide) groups is 1. The van der Waals surface area contributed by atoms with Crippen molar-refractivity contribution in [2.75, 3.05) is 17.6 Å². The van der Waals surface area contributed by atoms with Gasteiger partial charge in [-0.05, 0) is 28.7 Å². The first-order chi connectivity index (χ1) is 12.3. The first kappa shape index (κ1) is 19.4. The van der Waals surface area contributed by atoms with Crippen molar-refractivity contribution in [1.29, 1.82) is 0 Å². The Bertz CT molecular complexity index is 782. The van der Waals surface area contributed by atoms with E-state index in [1.807, 2.05) is 4.90 Å². The van der Waals surface area contributed by atoms with Gasteiger partial charge in [0.25, 0.3) is 0 Å². The van der Waals surface area contributed by atoms with Crippen LogP contribution in [0.1, 0.15) is 37.3 Å². The van der Waals surface area contributed by atoms with E-state index in [1.165, 1.54) is 5.56 Å². The molecule has 6 heteroatoms. The topological polar surface area (TPSA) is 32.3 Å². The lowest BCUT2D eigenvalue weighted by molar-refractivity contribution is 0.214. The monoisotopic (exact) mass is 408 g/mol. The minimum absolute atomic E-state index is 0.00900. The lowest BCUT2D eigenvalue weighted by Gasteiger charge is -2.26. The van der Waals surface area contributed by atoms with E-state index in [9.17, 15) is 4.79 Å². The molecule has 26 heavy (non-hydrogen) atoms. The zero-order chi connectivity index (χ0) is 18.9. The highest BCUT2D eigenvalue weighted by molar-refractivity contribution is 7.99. The molecule has 1 heterocycles. The van der Waals surface area contributed by atoms with Gasteiger partial charge in [-0.25, -0.2) is 4.79 Å². The Kier molecular flexibility index (Phi) is 5.75. The number of amides is 2. The van der Waals surface area contributed by atoms with Crippen LogP contribution in [0.5, 0.6) is 0 Å². The number of carbonyl (C=O) groups is 1. The van der Waals surface area contributed by atoms with Gasteiger partial charge in [-0.2, -0.15) is 0 Å². The fraction of sp³-hybridized carbons (Fsp3) is 0.350. The summed E-state index contributed by atoms with van der Waals surface area (Å²) in [6, 6.07) is 13.5. The number of para-hydroxylation sites is 1. The van der Waals surface area contributed by atoms with Crippen molar-refractivity contribution in [1.82, 2.24) is 4.90 Å². The summed E-state index contributed by atoms with van der Waals surface area (Å²) >= 11 is 14.1. The molecule has 0 aromatic heterocycles. The Morgan fingerprint density at radius 1 is 1.12 bits per heavy atom. The number of rotatable bonds is 2. The number of hydrogen-bond acceptors (Lipinski definition) is 2.